The van der Waals surface area contributed by atoms with E-state index < -0.39 is 0 Å². The minimum Gasteiger partial charge on any atom is -0.451 e. The number of anilines is 1. The lowest BCUT2D eigenvalue weighted by molar-refractivity contribution is 0.647. The van der Waals surface area contributed by atoms with Crippen LogP contribution in [0.5, 0.6) is 0 Å². The first kappa shape index (κ1) is 20.3. The molecule has 0 saturated carbocycles. The molecule has 3 aromatic carbocycles. The zero-order chi connectivity index (χ0) is 22.4. The van der Waals surface area contributed by atoms with Gasteiger partial charge < -0.3 is 19.6 Å². The van der Waals surface area contributed by atoms with E-state index in [-0.39, 0.29) is 0 Å². The van der Waals surface area contributed by atoms with Crippen LogP contribution in [-0.2, 0) is 0 Å². The van der Waals surface area contributed by atoms with Crippen LogP contribution in [0.2, 0.25) is 0 Å². The van der Waals surface area contributed by atoms with Crippen LogP contribution in [0.1, 0.15) is 31.4 Å². The number of rotatable bonds is 6. The fraction of sp³-hybridized carbons (Fsp3) is 0.214. The predicted octanol–water partition coefficient (Wildman–Crippen LogP) is 6.37. The Labute approximate surface area is 188 Å². The average Bonchev–Trinajstić information content (AvgIpc) is 2.79. The van der Waals surface area contributed by atoms with Gasteiger partial charge in [0.1, 0.15) is 0 Å². The van der Waals surface area contributed by atoms with E-state index in [4.69, 9.17) is 4.42 Å². The summed E-state index contributed by atoms with van der Waals surface area (Å²) < 4.78 is 8.87. The van der Waals surface area contributed by atoms with Crippen LogP contribution in [0.15, 0.2) is 59.7 Å². The molecule has 0 atom stereocenters. The minimum absolute atomic E-state index is 0.810. The Morgan fingerprint density at radius 1 is 1.09 bits per heavy atom. The van der Waals surface area contributed by atoms with Crippen molar-refractivity contribution in [2.75, 3.05) is 18.4 Å². The van der Waals surface area contributed by atoms with E-state index in [1.807, 2.05) is 0 Å². The SMILES string of the molecule is C=C(NCC)c1cn2c3cc4ccccc4cc3oc3c(NCCC)c(C)cc(c3-2)c1=C. The van der Waals surface area contributed by atoms with Crippen molar-refractivity contribution in [3.8, 4) is 5.69 Å². The summed E-state index contributed by atoms with van der Waals surface area (Å²) in [6, 6.07) is 14.9. The van der Waals surface area contributed by atoms with Gasteiger partial charge >= 0.3 is 0 Å². The van der Waals surface area contributed by atoms with Crippen molar-refractivity contribution in [2.24, 2.45) is 0 Å². The Morgan fingerprint density at radius 3 is 2.56 bits per heavy atom. The van der Waals surface area contributed by atoms with E-state index in [9.17, 15) is 0 Å². The molecule has 0 bridgehead atoms. The molecule has 4 heteroatoms. The van der Waals surface area contributed by atoms with E-state index in [1.165, 1.54) is 5.39 Å². The number of nitrogens with one attached hydrogen (secondary N) is 2. The fourth-order valence-electron chi connectivity index (χ4n) is 4.58. The molecule has 3 aromatic rings. The van der Waals surface area contributed by atoms with Crippen LogP contribution in [0.4, 0.5) is 5.69 Å². The van der Waals surface area contributed by atoms with Crippen molar-refractivity contribution < 1.29 is 4.42 Å². The Bertz CT molecular complexity index is 1520. The number of nitrogens with zero attached hydrogens (tertiary/aromatic N) is 1. The molecule has 0 unspecified atom stereocenters. The summed E-state index contributed by atoms with van der Waals surface area (Å²) in [5, 5.41) is 11.3. The van der Waals surface area contributed by atoms with Gasteiger partial charge in [-0.15, -0.1) is 0 Å². The predicted molar refractivity (Wildman–Crippen MR) is 138 cm³/mol. The molecule has 2 aliphatic heterocycles. The molecular weight excluding hydrogens is 394 g/mol. The number of aromatic nitrogens is 1. The van der Waals surface area contributed by atoms with Gasteiger partial charge in [-0.1, -0.05) is 44.3 Å². The molecule has 32 heavy (non-hydrogen) atoms. The second kappa shape index (κ2) is 7.79. The van der Waals surface area contributed by atoms with Crippen molar-refractivity contribution in [1.82, 2.24) is 9.88 Å². The van der Waals surface area contributed by atoms with E-state index >= 15 is 0 Å². The fourth-order valence-corrected chi connectivity index (χ4v) is 4.58. The smallest absolute Gasteiger partial charge is 0.175 e. The lowest BCUT2D eigenvalue weighted by Gasteiger charge is -2.24. The number of fused-ring (bicyclic) bond motifs is 3. The van der Waals surface area contributed by atoms with Crippen molar-refractivity contribution >= 4 is 50.8 Å². The molecule has 0 aliphatic carbocycles. The maximum atomic E-state index is 6.62. The quantitative estimate of drug-likeness (QED) is 0.246. The highest BCUT2D eigenvalue weighted by molar-refractivity contribution is 6.02. The van der Waals surface area contributed by atoms with Crippen LogP contribution in [0.25, 0.3) is 50.8 Å². The monoisotopic (exact) mass is 423 g/mol. The van der Waals surface area contributed by atoms with Crippen molar-refractivity contribution in [3.05, 3.63) is 71.6 Å². The standard InChI is InChI=1S/C28H29N3O/c1-6-12-30-26-17(3)13-22-18(4)23(19(5)29-7-2)16-31-24-14-20-10-8-9-11-21(20)15-25(24)32-28(26)27(22)31/h8-11,13-16,29-30H,4-7,12H2,1-3H3. The van der Waals surface area contributed by atoms with Gasteiger partial charge in [0, 0.05) is 35.9 Å². The first-order valence-electron chi connectivity index (χ1n) is 11.3. The molecule has 0 amide bonds. The van der Waals surface area contributed by atoms with Gasteiger partial charge in [-0.05, 0) is 60.0 Å². The Hall–Kier alpha value is -3.66. The summed E-state index contributed by atoms with van der Waals surface area (Å²) in [6.07, 6.45) is 3.19. The van der Waals surface area contributed by atoms with Crippen molar-refractivity contribution in [1.29, 1.82) is 0 Å². The summed E-state index contributed by atoms with van der Waals surface area (Å²) >= 11 is 0. The largest absolute Gasteiger partial charge is 0.451 e. The van der Waals surface area contributed by atoms with E-state index in [0.717, 1.165) is 80.4 Å². The second-order valence-electron chi connectivity index (χ2n) is 8.39. The lowest BCUT2D eigenvalue weighted by atomic mass is 10.0. The third kappa shape index (κ3) is 3.06. The second-order valence-corrected chi connectivity index (χ2v) is 8.39. The summed E-state index contributed by atoms with van der Waals surface area (Å²) in [7, 11) is 0. The van der Waals surface area contributed by atoms with Crippen LogP contribution >= 0.6 is 0 Å². The van der Waals surface area contributed by atoms with Gasteiger partial charge in [0.25, 0.3) is 0 Å². The molecule has 2 N–H and O–H groups in total. The maximum absolute atomic E-state index is 6.62. The Morgan fingerprint density at radius 2 is 1.84 bits per heavy atom. The molecule has 5 rings (SSSR count). The highest BCUT2D eigenvalue weighted by Crippen LogP contribution is 2.38. The molecule has 2 heterocycles. The number of hydrogen-bond donors (Lipinski definition) is 2. The summed E-state index contributed by atoms with van der Waals surface area (Å²) in [6.45, 7) is 16.8. The summed E-state index contributed by atoms with van der Waals surface area (Å²) in [5.41, 5.74) is 7.86. The molecule has 0 fully saturated rings. The van der Waals surface area contributed by atoms with Gasteiger partial charge in [0.15, 0.2) is 11.2 Å². The van der Waals surface area contributed by atoms with E-state index in [1.54, 1.807) is 0 Å². The number of pyridine rings is 1. The minimum atomic E-state index is 0.810. The Balaban J connectivity index is 1.98. The Kier molecular flexibility index (Phi) is 4.93. The van der Waals surface area contributed by atoms with Crippen LogP contribution < -0.4 is 15.9 Å². The molecule has 0 radical (unpaired) electrons. The first-order valence-corrected chi connectivity index (χ1v) is 11.3. The van der Waals surface area contributed by atoms with Crippen LogP contribution in [0.3, 0.4) is 0 Å². The normalized spacial score (nSPS) is 11.6. The zero-order valence-electron chi connectivity index (χ0n) is 19.0. The highest BCUT2D eigenvalue weighted by Gasteiger charge is 2.22. The molecule has 162 valence electrons. The molecule has 4 nitrogen and oxygen atoms in total. The van der Waals surface area contributed by atoms with E-state index in [2.05, 4.69) is 97.8 Å². The van der Waals surface area contributed by atoms with Gasteiger partial charge in [-0.3, -0.25) is 0 Å². The number of benzene rings is 3. The van der Waals surface area contributed by atoms with Gasteiger partial charge in [-0.2, -0.15) is 0 Å². The molecule has 0 aromatic heterocycles. The molecule has 2 aliphatic rings. The topological polar surface area (TPSA) is 42.1 Å². The highest BCUT2D eigenvalue weighted by atomic mass is 16.3. The van der Waals surface area contributed by atoms with Gasteiger partial charge in [0.2, 0.25) is 0 Å². The third-order valence-electron chi connectivity index (χ3n) is 6.17. The average molecular weight is 424 g/mol. The van der Waals surface area contributed by atoms with Gasteiger partial charge in [0.05, 0.1) is 16.9 Å². The molecule has 0 saturated heterocycles. The van der Waals surface area contributed by atoms with Crippen LogP contribution in [0, 0.1) is 6.92 Å². The third-order valence-corrected chi connectivity index (χ3v) is 6.17. The van der Waals surface area contributed by atoms with Gasteiger partial charge in [-0.25, -0.2) is 0 Å². The molecule has 0 spiro atoms. The lowest BCUT2D eigenvalue weighted by Crippen LogP contribution is -2.21. The zero-order valence-corrected chi connectivity index (χ0v) is 19.0. The first-order chi connectivity index (χ1) is 15.5. The van der Waals surface area contributed by atoms with E-state index in [0.29, 0.717) is 0 Å². The number of aryl methyl sites for hydroxylation is 1. The summed E-state index contributed by atoms with van der Waals surface area (Å²) in [5.74, 6) is 0. The summed E-state index contributed by atoms with van der Waals surface area (Å²) in [4.78, 5) is 0. The van der Waals surface area contributed by atoms with Crippen molar-refractivity contribution in [3.63, 3.8) is 0 Å². The number of hydrogen-bond acceptors (Lipinski definition) is 3. The van der Waals surface area contributed by atoms with Crippen LogP contribution in [-0.4, -0.2) is 17.7 Å². The van der Waals surface area contributed by atoms with Crippen molar-refractivity contribution in [2.45, 2.75) is 27.2 Å². The molecular formula is C28H29N3O. The maximum Gasteiger partial charge on any atom is 0.175 e.